The van der Waals surface area contributed by atoms with Gasteiger partial charge in [0.15, 0.2) is 0 Å². The van der Waals surface area contributed by atoms with Gasteiger partial charge < -0.3 is 14.8 Å². The lowest BCUT2D eigenvalue weighted by atomic mass is 10.2. The molecule has 0 saturated heterocycles. The Balaban J connectivity index is 1.41. The number of hydrogen-bond acceptors (Lipinski definition) is 4. The Morgan fingerprint density at radius 2 is 1.33 bits per heavy atom. The van der Waals surface area contributed by atoms with Crippen molar-refractivity contribution in [1.82, 2.24) is 0 Å². The summed E-state index contributed by atoms with van der Waals surface area (Å²) in [5, 5.41) is 4.00. The van der Waals surface area contributed by atoms with Crippen molar-refractivity contribution in [2.75, 3.05) is 11.9 Å². The Bertz CT molecular complexity index is 987. The lowest BCUT2D eigenvalue weighted by Gasteiger charge is -2.08. The van der Waals surface area contributed by atoms with Crippen molar-refractivity contribution in [1.29, 1.82) is 0 Å². The quantitative estimate of drug-likeness (QED) is 0.263. The molecule has 30 heavy (non-hydrogen) atoms. The highest BCUT2D eigenvalue weighted by atomic mass is 35.5. The monoisotopic (exact) mass is 443 g/mol. The number of esters is 1. The van der Waals surface area contributed by atoms with Crippen LogP contribution in [-0.2, 0) is 4.79 Å². The van der Waals surface area contributed by atoms with Gasteiger partial charge in [-0.25, -0.2) is 0 Å². The van der Waals surface area contributed by atoms with Crippen LogP contribution in [0.5, 0.6) is 11.5 Å². The minimum atomic E-state index is -0.368. The van der Waals surface area contributed by atoms with E-state index in [-0.39, 0.29) is 18.3 Å². The molecule has 0 aliphatic carbocycles. The number of rotatable bonds is 8. The number of ether oxygens (including phenoxy) is 2. The summed E-state index contributed by atoms with van der Waals surface area (Å²) in [7, 11) is 0. The van der Waals surface area contributed by atoms with Gasteiger partial charge in [-0.3, -0.25) is 9.59 Å². The third-order valence-electron chi connectivity index (χ3n) is 4.06. The minimum Gasteiger partial charge on any atom is -0.494 e. The zero-order chi connectivity index (χ0) is 21.3. The second kappa shape index (κ2) is 10.7. The van der Waals surface area contributed by atoms with Crippen LogP contribution in [0.15, 0.2) is 72.8 Å². The number of anilines is 1. The maximum absolute atomic E-state index is 12.3. The lowest BCUT2D eigenvalue weighted by molar-refractivity contribution is -0.134. The predicted molar refractivity (Wildman–Crippen MR) is 118 cm³/mol. The molecule has 3 aromatic carbocycles. The van der Waals surface area contributed by atoms with E-state index in [1.165, 1.54) is 0 Å². The van der Waals surface area contributed by atoms with E-state index in [4.69, 9.17) is 32.7 Å². The van der Waals surface area contributed by atoms with Gasteiger partial charge in [-0.1, -0.05) is 23.2 Å². The van der Waals surface area contributed by atoms with E-state index in [1.54, 1.807) is 72.8 Å². The number of carbonyl (C=O) groups is 2. The number of carbonyl (C=O) groups excluding carboxylic acids is 2. The molecule has 154 valence electrons. The Labute approximate surface area is 184 Å². The number of nitrogens with one attached hydrogen (secondary N) is 1. The maximum atomic E-state index is 12.3. The molecule has 7 heteroatoms. The molecule has 5 nitrogen and oxygen atoms in total. The normalized spacial score (nSPS) is 10.3. The van der Waals surface area contributed by atoms with Gasteiger partial charge in [0.05, 0.1) is 6.61 Å². The molecule has 0 aliphatic heterocycles. The van der Waals surface area contributed by atoms with E-state index in [0.29, 0.717) is 45.8 Å². The molecule has 1 N–H and O–H groups in total. The number of amides is 1. The predicted octanol–water partition coefficient (Wildman–Crippen LogP) is 6.01. The van der Waals surface area contributed by atoms with Crippen LogP contribution < -0.4 is 14.8 Å². The molecule has 3 rings (SSSR count). The highest BCUT2D eigenvalue weighted by molar-refractivity contribution is 6.30. The number of benzene rings is 3. The van der Waals surface area contributed by atoms with Crippen LogP contribution in [0, 0.1) is 0 Å². The average Bonchev–Trinajstić information content (AvgIpc) is 2.74. The first-order valence-corrected chi connectivity index (χ1v) is 10.0. The van der Waals surface area contributed by atoms with Gasteiger partial charge in [0, 0.05) is 27.7 Å². The summed E-state index contributed by atoms with van der Waals surface area (Å²) < 4.78 is 10.8. The third kappa shape index (κ3) is 6.79. The number of halogens is 2. The van der Waals surface area contributed by atoms with Crippen LogP contribution in [0.3, 0.4) is 0 Å². The summed E-state index contributed by atoms with van der Waals surface area (Å²) >= 11 is 11.6. The van der Waals surface area contributed by atoms with Crippen LogP contribution in [-0.4, -0.2) is 18.5 Å². The molecule has 0 atom stereocenters. The van der Waals surface area contributed by atoms with Crippen molar-refractivity contribution in [2.45, 2.75) is 12.8 Å². The Hall–Kier alpha value is -3.02. The molecule has 0 heterocycles. The lowest BCUT2D eigenvalue weighted by Crippen LogP contribution is -2.12. The summed E-state index contributed by atoms with van der Waals surface area (Å²) in [6.07, 6.45) is 0.732. The fourth-order valence-corrected chi connectivity index (χ4v) is 2.78. The molecule has 0 aromatic heterocycles. The van der Waals surface area contributed by atoms with E-state index in [2.05, 4.69) is 5.32 Å². The van der Waals surface area contributed by atoms with E-state index < -0.39 is 0 Å². The molecule has 3 aromatic rings. The van der Waals surface area contributed by atoms with Crippen molar-refractivity contribution in [3.63, 3.8) is 0 Å². The first-order chi connectivity index (χ1) is 14.5. The van der Waals surface area contributed by atoms with Crippen molar-refractivity contribution in [3.8, 4) is 11.5 Å². The summed E-state index contributed by atoms with van der Waals surface area (Å²) in [4.78, 5) is 24.2. The van der Waals surface area contributed by atoms with Gasteiger partial charge >= 0.3 is 5.97 Å². The van der Waals surface area contributed by atoms with Gasteiger partial charge in [-0.2, -0.15) is 0 Å². The molecule has 0 fully saturated rings. The third-order valence-corrected chi connectivity index (χ3v) is 4.56. The molecule has 0 radical (unpaired) electrons. The first-order valence-electron chi connectivity index (χ1n) is 9.25. The van der Waals surface area contributed by atoms with Crippen molar-refractivity contribution >= 4 is 40.8 Å². The standard InChI is InChI=1S/C23H19Cl2NO4/c24-17-5-9-19(10-6-17)26-23(28)16-3-11-21(12-4-16)30-22(27)2-1-15-29-20-13-7-18(25)8-14-20/h3-14H,1-2,15H2,(H,26,28). The first kappa shape index (κ1) is 21.7. The van der Waals surface area contributed by atoms with Crippen molar-refractivity contribution in [2.24, 2.45) is 0 Å². The molecule has 0 aliphatic rings. The average molecular weight is 444 g/mol. The smallest absolute Gasteiger partial charge is 0.311 e. The maximum Gasteiger partial charge on any atom is 0.311 e. The number of hydrogen-bond donors (Lipinski definition) is 1. The van der Waals surface area contributed by atoms with Crippen LogP contribution in [0.4, 0.5) is 5.69 Å². The summed E-state index contributed by atoms with van der Waals surface area (Å²) in [6.45, 7) is 0.389. The topological polar surface area (TPSA) is 64.6 Å². The molecule has 0 saturated carbocycles. The summed E-state index contributed by atoms with van der Waals surface area (Å²) in [5.41, 5.74) is 1.09. The largest absolute Gasteiger partial charge is 0.494 e. The van der Waals surface area contributed by atoms with Gasteiger partial charge in [0.25, 0.3) is 5.91 Å². The molecule has 0 bridgehead atoms. The zero-order valence-electron chi connectivity index (χ0n) is 15.9. The van der Waals surface area contributed by atoms with Crippen molar-refractivity contribution in [3.05, 3.63) is 88.4 Å². The zero-order valence-corrected chi connectivity index (χ0v) is 17.5. The van der Waals surface area contributed by atoms with Crippen LogP contribution >= 0.6 is 23.2 Å². The fraction of sp³-hybridized carbons (Fsp3) is 0.130. The van der Waals surface area contributed by atoms with Gasteiger partial charge in [-0.05, 0) is 79.2 Å². The molecule has 1 amide bonds. The van der Waals surface area contributed by atoms with Crippen LogP contribution in [0.25, 0.3) is 0 Å². The molecular weight excluding hydrogens is 425 g/mol. The van der Waals surface area contributed by atoms with Gasteiger partial charge in [0.2, 0.25) is 0 Å². The molecule has 0 unspecified atom stereocenters. The van der Waals surface area contributed by atoms with E-state index >= 15 is 0 Å². The van der Waals surface area contributed by atoms with Crippen LogP contribution in [0.2, 0.25) is 10.0 Å². The van der Waals surface area contributed by atoms with E-state index in [9.17, 15) is 9.59 Å². The van der Waals surface area contributed by atoms with Crippen LogP contribution in [0.1, 0.15) is 23.2 Å². The second-order valence-corrected chi connectivity index (χ2v) is 7.24. The fourth-order valence-electron chi connectivity index (χ4n) is 2.53. The van der Waals surface area contributed by atoms with Gasteiger partial charge in [-0.15, -0.1) is 0 Å². The highest BCUT2D eigenvalue weighted by Crippen LogP contribution is 2.18. The Kier molecular flexibility index (Phi) is 7.71. The van der Waals surface area contributed by atoms with Crippen molar-refractivity contribution < 1.29 is 19.1 Å². The highest BCUT2D eigenvalue weighted by Gasteiger charge is 2.09. The summed E-state index contributed by atoms with van der Waals surface area (Å²) in [6, 6.07) is 20.2. The molecular formula is C23H19Cl2NO4. The van der Waals surface area contributed by atoms with E-state index in [0.717, 1.165) is 0 Å². The molecule has 0 spiro atoms. The second-order valence-electron chi connectivity index (χ2n) is 6.37. The van der Waals surface area contributed by atoms with E-state index in [1.807, 2.05) is 0 Å². The van der Waals surface area contributed by atoms with Gasteiger partial charge in [0.1, 0.15) is 11.5 Å². The summed E-state index contributed by atoms with van der Waals surface area (Å²) in [5.74, 6) is 0.435. The Morgan fingerprint density at radius 1 is 0.767 bits per heavy atom. The Morgan fingerprint density at radius 3 is 1.97 bits per heavy atom. The minimum absolute atomic E-state index is 0.215. The SMILES string of the molecule is O=C(CCCOc1ccc(Cl)cc1)Oc1ccc(C(=O)Nc2ccc(Cl)cc2)cc1.